The Morgan fingerprint density at radius 3 is 2.12 bits per heavy atom. The molecule has 1 rings (SSSR count). The minimum Gasteiger partial charge on any atom is -0.477 e. The summed E-state index contributed by atoms with van der Waals surface area (Å²) in [6, 6.07) is -3.09. The third-order valence-corrected chi connectivity index (χ3v) is 3.91. The third kappa shape index (κ3) is 4.84. The van der Waals surface area contributed by atoms with Crippen LogP contribution in [0.5, 0.6) is 0 Å². The molecule has 6 N–H and O–H groups in total. The van der Waals surface area contributed by atoms with Gasteiger partial charge in [-0.05, 0) is 6.42 Å². The lowest BCUT2D eigenvalue weighted by Crippen LogP contribution is -2.57. The van der Waals surface area contributed by atoms with Gasteiger partial charge in [-0.25, -0.2) is 9.18 Å². The quantitative estimate of drug-likeness (QED) is 0.295. The Bertz CT molecular complexity index is 551. The molecule has 7 atom stereocenters. The summed E-state index contributed by atoms with van der Waals surface area (Å²) < 4.78 is 34.1. The number of aliphatic hydroxyl groups is 3. The van der Waals surface area contributed by atoms with Crippen molar-refractivity contribution in [1.29, 1.82) is 0 Å². The molecule has 0 aromatic rings. The first-order valence-corrected chi connectivity index (χ1v) is 7.69. The number of aliphatic hydroxyl groups excluding tert-OH is 3. The number of carboxylic acid groups (broad SMARTS) is 1. The number of amides is 2. The number of halogens is 2. The van der Waals surface area contributed by atoms with Crippen LogP contribution in [-0.2, 0) is 19.1 Å². The number of hydrogen-bond acceptors (Lipinski definition) is 7. The zero-order valence-corrected chi connectivity index (χ0v) is 14.1. The predicted molar refractivity (Wildman–Crippen MR) is 80.2 cm³/mol. The van der Waals surface area contributed by atoms with E-state index in [1.807, 2.05) is 5.32 Å². The molecular formula is C14H22F2N2O8. The average molecular weight is 384 g/mol. The monoisotopic (exact) mass is 384 g/mol. The molecule has 2 amide bonds. The summed E-state index contributed by atoms with van der Waals surface area (Å²) in [6.07, 6.45) is -9.30. The SMILES string of the molecule is CC(=O)NC1CC(NC(C)=O)C(F)C(F)(C(=O)O)OC1C(O)C(O)CO. The highest BCUT2D eigenvalue weighted by atomic mass is 19.2. The fourth-order valence-electron chi connectivity index (χ4n) is 2.73. The van der Waals surface area contributed by atoms with Gasteiger partial charge in [-0.15, -0.1) is 0 Å². The number of carbonyl (C=O) groups is 3. The molecule has 0 bridgehead atoms. The van der Waals surface area contributed by atoms with Gasteiger partial charge in [-0.2, -0.15) is 4.39 Å². The van der Waals surface area contributed by atoms with Crippen LogP contribution in [0.3, 0.4) is 0 Å². The summed E-state index contributed by atoms with van der Waals surface area (Å²) in [7, 11) is 0. The Hall–Kier alpha value is -1.89. The predicted octanol–water partition coefficient (Wildman–Crippen LogP) is -2.41. The van der Waals surface area contributed by atoms with Crippen LogP contribution in [0, 0.1) is 0 Å². The normalized spacial score (nSPS) is 34.3. The smallest absolute Gasteiger partial charge is 0.372 e. The zero-order valence-electron chi connectivity index (χ0n) is 14.1. The van der Waals surface area contributed by atoms with Crippen molar-refractivity contribution in [3.63, 3.8) is 0 Å². The fourth-order valence-corrected chi connectivity index (χ4v) is 2.73. The minimum atomic E-state index is -3.98. The van der Waals surface area contributed by atoms with Crippen LogP contribution in [0.2, 0.25) is 0 Å². The summed E-state index contributed by atoms with van der Waals surface area (Å²) in [5, 5.41) is 41.9. The van der Waals surface area contributed by atoms with Crippen LogP contribution in [-0.4, -0.2) is 87.2 Å². The maximum Gasteiger partial charge on any atom is 0.372 e. The van der Waals surface area contributed by atoms with Gasteiger partial charge in [0.1, 0.15) is 18.3 Å². The summed E-state index contributed by atoms with van der Waals surface area (Å²) in [5.74, 6) is -7.84. The number of alkyl halides is 2. The number of hydrogen-bond donors (Lipinski definition) is 6. The maximum atomic E-state index is 14.8. The fraction of sp³-hybridized carbons (Fsp3) is 0.786. The van der Waals surface area contributed by atoms with Crippen molar-refractivity contribution >= 4 is 17.8 Å². The maximum absolute atomic E-state index is 14.8. The summed E-state index contributed by atoms with van der Waals surface area (Å²) in [6.45, 7) is 1.06. The van der Waals surface area contributed by atoms with E-state index in [2.05, 4.69) is 10.1 Å². The lowest BCUT2D eigenvalue weighted by atomic mass is 9.94. The van der Waals surface area contributed by atoms with Crippen molar-refractivity contribution in [2.24, 2.45) is 0 Å². The van der Waals surface area contributed by atoms with E-state index in [0.717, 1.165) is 13.8 Å². The number of carbonyl (C=O) groups excluding carboxylic acids is 2. The second-order valence-electron chi connectivity index (χ2n) is 6.02. The van der Waals surface area contributed by atoms with Gasteiger partial charge in [0.25, 0.3) is 0 Å². The molecule has 0 aromatic carbocycles. The molecule has 0 radical (unpaired) electrons. The number of nitrogens with one attached hydrogen (secondary N) is 2. The third-order valence-electron chi connectivity index (χ3n) is 3.91. The molecule has 0 saturated carbocycles. The molecule has 12 heteroatoms. The Labute approximate surface area is 147 Å². The van der Waals surface area contributed by atoms with E-state index < -0.39 is 73.2 Å². The Morgan fingerprint density at radius 2 is 1.69 bits per heavy atom. The molecule has 1 heterocycles. The number of carboxylic acids is 1. The van der Waals surface area contributed by atoms with Crippen LogP contribution in [0.4, 0.5) is 8.78 Å². The van der Waals surface area contributed by atoms with E-state index in [1.165, 1.54) is 0 Å². The lowest BCUT2D eigenvalue weighted by molar-refractivity contribution is -0.246. The van der Waals surface area contributed by atoms with Crippen LogP contribution in [0.1, 0.15) is 20.3 Å². The number of ether oxygens (including phenoxy) is 1. The van der Waals surface area contributed by atoms with Gasteiger partial charge in [-0.1, -0.05) is 0 Å². The summed E-state index contributed by atoms with van der Waals surface area (Å²) >= 11 is 0. The molecule has 0 spiro atoms. The second kappa shape index (κ2) is 8.66. The van der Waals surface area contributed by atoms with Crippen molar-refractivity contribution in [3.8, 4) is 0 Å². The van der Waals surface area contributed by atoms with Crippen LogP contribution >= 0.6 is 0 Å². The largest absolute Gasteiger partial charge is 0.477 e. The summed E-state index contributed by atoms with van der Waals surface area (Å²) in [4.78, 5) is 33.9. The average Bonchev–Trinajstić information content (AvgIpc) is 2.63. The zero-order chi connectivity index (χ0) is 20.2. The first kappa shape index (κ1) is 22.2. The van der Waals surface area contributed by atoms with Gasteiger partial charge >= 0.3 is 11.8 Å². The standard InChI is InChI=1S/C14H22F2N2O8/c1-5(20)17-7-3-8(18-6(2)21)12(15)14(16,13(24)25)26-11(7)10(23)9(22)4-19/h7-12,19,22-23H,3-4H2,1-2H3,(H,17,20)(H,18,21)(H,24,25). The lowest BCUT2D eigenvalue weighted by Gasteiger charge is -2.34. The first-order chi connectivity index (χ1) is 11.9. The van der Waals surface area contributed by atoms with E-state index in [9.17, 15) is 33.4 Å². The van der Waals surface area contributed by atoms with E-state index >= 15 is 0 Å². The first-order valence-electron chi connectivity index (χ1n) is 7.69. The molecule has 7 unspecified atom stereocenters. The van der Waals surface area contributed by atoms with Crippen molar-refractivity contribution in [1.82, 2.24) is 10.6 Å². The number of rotatable bonds is 6. The van der Waals surface area contributed by atoms with Crippen LogP contribution in [0.25, 0.3) is 0 Å². The van der Waals surface area contributed by atoms with Crippen LogP contribution < -0.4 is 10.6 Å². The Kier molecular flexibility index (Phi) is 7.38. The minimum absolute atomic E-state index is 0.543. The second-order valence-corrected chi connectivity index (χ2v) is 6.02. The molecule has 10 nitrogen and oxygen atoms in total. The van der Waals surface area contributed by atoms with Crippen molar-refractivity contribution < 1.29 is 48.3 Å². The molecule has 150 valence electrons. The van der Waals surface area contributed by atoms with E-state index in [4.69, 9.17) is 10.2 Å². The highest BCUT2D eigenvalue weighted by molar-refractivity contribution is 5.78. The highest BCUT2D eigenvalue weighted by Gasteiger charge is 2.59. The van der Waals surface area contributed by atoms with Gasteiger partial charge in [-0.3, -0.25) is 9.59 Å². The molecular weight excluding hydrogens is 362 g/mol. The van der Waals surface area contributed by atoms with Crippen molar-refractivity contribution in [2.75, 3.05) is 6.61 Å². The highest BCUT2D eigenvalue weighted by Crippen LogP contribution is 2.34. The Balaban J connectivity index is 3.38. The van der Waals surface area contributed by atoms with Gasteiger partial charge in [0.05, 0.1) is 18.7 Å². The molecule has 1 fully saturated rings. The van der Waals surface area contributed by atoms with Gasteiger partial charge in [0, 0.05) is 13.8 Å². The molecule has 1 aliphatic heterocycles. The number of aliphatic carboxylic acids is 1. The van der Waals surface area contributed by atoms with E-state index in [0.29, 0.717) is 0 Å². The molecule has 1 aliphatic rings. The van der Waals surface area contributed by atoms with E-state index in [-0.39, 0.29) is 0 Å². The van der Waals surface area contributed by atoms with Gasteiger partial charge in [0.15, 0.2) is 6.17 Å². The van der Waals surface area contributed by atoms with Crippen LogP contribution in [0.15, 0.2) is 0 Å². The van der Waals surface area contributed by atoms with E-state index in [1.54, 1.807) is 0 Å². The van der Waals surface area contributed by atoms with Gasteiger partial charge < -0.3 is 35.8 Å². The topological polar surface area (TPSA) is 165 Å². The van der Waals surface area contributed by atoms with Crippen molar-refractivity contribution in [2.45, 2.75) is 62.7 Å². The van der Waals surface area contributed by atoms with Crippen molar-refractivity contribution in [3.05, 3.63) is 0 Å². The molecule has 0 aromatic heterocycles. The molecule has 0 aliphatic carbocycles. The molecule has 1 saturated heterocycles. The molecule has 26 heavy (non-hydrogen) atoms. The Morgan fingerprint density at radius 1 is 1.19 bits per heavy atom. The summed E-state index contributed by atoms with van der Waals surface area (Å²) in [5.41, 5.74) is 0. The van der Waals surface area contributed by atoms with Gasteiger partial charge in [0.2, 0.25) is 11.8 Å².